The van der Waals surface area contributed by atoms with Gasteiger partial charge in [0.15, 0.2) is 0 Å². The van der Waals surface area contributed by atoms with Gasteiger partial charge in [0.05, 0.1) is 11.8 Å². The molecule has 0 aliphatic heterocycles. The molecule has 0 bridgehead atoms. The highest BCUT2D eigenvalue weighted by atomic mass is 19.1. The molecule has 4 nitrogen and oxygen atoms in total. The molecule has 0 saturated heterocycles. The van der Waals surface area contributed by atoms with Crippen LogP contribution in [0.15, 0.2) is 24.3 Å². The van der Waals surface area contributed by atoms with Gasteiger partial charge in [-0.25, -0.2) is 9.18 Å². The maximum absolute atomic E-state index is 13.3. The largest absolute Gasteiger partial charge is 0.320 e. The van der Waals surface area contributed by atoms with Crippen LogP contribution < -0.4 is 10.6 Å². The summed E-state index contributed by atoms with van der Waals surface area (Å²) in [4.78, 5) is 11.7. The smallest absolute Gasteiger partial charge is 0.319 e. The van der Waals surface area contributed by atoms with Crippen molar-refractivity contribution in [3.8, 4) is 6.07 Å². The van der Waals surface area contributed by atoms with Gasteiger partial charge >= 0.3 is 6.03 Å². The number of nitrogens with one attached hydrogen (secondary N) is 2. The lowest BCUT2D eigenvalue weighted by molar-refractivity contribution is 0.242. The standard InChI is InChI=1S/C13H16FN3O/c1-3-13(4-2,9-15)17-12(18)16-11-8-6-5-7-10(11)14/h5-8H,3-4H2,1-2H3,(H2,16,17,18). The third kappa shape index (κ3) is 3.20. The van der Waals surface area contributed by atoms with Crippen LogP contribution in [0.25, 0.3) is 0 Å². The van der Waals surface area contributed by atoms with Crippen molar-refractivity contribution in [2.45, 2.75) is 32.2 Å². The van der Waals surface area contributed by atoms with Gasteiger partial charge in [0.25, 0.3) is 0 Å². The molecule has 0 radical (unpaired) electrons. The molecule has 2 amide bonds. The number of anilines is 1. The Morgan fingerprint density at radius 2 is 2.00 bits per heavy atom. The topological polar surface area (TPSA) is 64.9 Å². The average molecular weight is 249 g/mol. The Morgan fingerprint density at radius 1 is 1.39 bits per heavy atom. The minimum atomic E-state index is -0.907. The molecule has 0 spiro atoms. The highest BCUT2D eigenvalue weighted by Gasteiger charge is 2.27. The average Bonchev–Trinajstić information content (AvgIpc) is 2.39. The number of nitrogens with zero attached hydrogens (tertiary/aromatic N) is 1. The molecule has 1 aromatic carbocycles. The van der Waals surface area contributed by atoms with E-state index >= 15 is 0 Å². The molecule has 0 heterocycles. The van der Waals surface area contributed by atoms with Crippen LogP contribution in [0.4, 0.5) is 14.9 Å². The summed E-state index contributed by atoms with van der Waals surface area (Å²) in [5.41, 5.74) is -0.816. The number of hydrogen-bond donors (Lipinski definition) is 2. The number of carbonyl (C=O) groups excluding carboxylic acids is 1. The molecule has 1 aromatic rings. The van der Waals surface area contributed by atoms with Gasteiger partial charge < -0.3 is 10.6 Å². The first kappa shape index (κ1) is 14.0. The van der Waals surface area contributed by atoms with Gasteiger partial charge in [-0.1, -0.05) is 26.0 Å². The number of nitriles is 1. The van der Waals surface area contributed by atoms with E-state index in [0.29, 0.717) is 12.8 Å². The van der Waals surface area contributed by atoms with Crippen molar-refractivity contribution < 1.29 is 9.18 Å². The lowest BCUT2D eigenvalue weighted by Crippen LogP contribution is -2.48. The maximum atomic E-state index is 13.3. The summed E-state index contributed by atoms with van der Waals surface area (Å²) in [5.74, 6) is -0.511. The van der Waals surface area contributed by atoms with Gasteiger partial charge in [-0.2, -0.15) is 5.26 Å². The van der Waals surface area contributed by atoms with Gasteiger partial charge in [-0.15, -0.1) is 0 Å². The summed E-state index contributed by atoms with van der Waals surface area (Å²) in [7, 11) is 0. The van der Waals surface area contributed by atoms with E-state index in [1.807, 2.05) is 13.8 Å². The zero-order chi connectivity index (χ0) is 13.6. The van der Waals surface area contributed by atoms with Crippen molar-refractivity contribution in [3.63, 3.8) is 0 Å². The number of hydrogen-bond acceptors (Lipinski definition) is 2. The van der Waals surface area contributed by atoms with E-state index in [4.69, 9.17) is 5.26 Å². The summed E-state index contributed by atoms with van der Waals surface area (Å²) < 4.78 is 13.3. The van der Waals surface area contributed by atoms with Crippen molar-refractivity contribution in [2.24, 2.45) is 0 Å². The van der Waals surface area contributed by atoms with Gasteiger partial charge in [0.2, 0.25) is 0 Å². The van der Waals surface area contributed by atoms with E-state index < -0.39 is 17.4 Å². The first-order chi connectivity index (χ1) is 8.56. The molecule has 0 unspecified atom stereocenters. The molecule has 1 rings (SSSR count). The van der Waals surface area contributed by atoms with Crippen LogP contribution in [-0.2, 0) is 0 Å². The van der Waals surface area contributed by atoms with Crippen LogP contribution in [0, 0.1) is 17.1 Å². The second-order valence-corrected chi connectivity index (χ2v) is 3.96. The van der Waals surface area contributed by atoms with E-state index in [1.54, 1.807) is 6.07 Å². The normalized spacial score (nSPS) is 10.6. The molecule has 0 fully saturated rings. The van der Waals surface area contributed by atoms with Crippen LogP contribution in [0.3, 0.4) is 0 Å². The Balaban J connectivity index is 2.74. The molecule has 5 heteroatoms. The second kappa shape index (κ2) is 6.01. The molecule has 0 saturated carbocycles. The van der Waals surface area contributed by atoms with Gasteiger partial charge in [0, 0.05) is 0 Å². The number of halogens is 1. The van der Waals surface area contributed by atoms with Crippen LogP contribution >= 0.6 is 0 Å². The Bertz CT molecular complexity index is 464. The number of amides is 2. The predicted octanol–water partition coefficient (Wildman–Crippen LogP) is 3.03. The van der Waals surface area contributed by atoms with Crippen LogP contribution in [-0.4, -0.2) is 11.6 Å². The summed E-state index contributed by atoms with van der Waals surface area (Å²) in [6.07, 6.45) is 0.982. The lowest BCUT2D eigenvalue weighted by atomic mass is 9.95. The van der Waals surface area contributed by atoms with Crippen molar-refractivity contribution in [2.75, 3.05) is 5.32 Å². The zero-order valence-electron chi connectivity index (χ0n) is 10.5. The van der Waals surface area contributed by atoms with Crippen molar-refractivity contribution in [1.82, 2.24) is 5.32 Å². The quantitative estimate of drug-likeness (QED) is 0.861. The fourth-order valence-corrected chi connectivity index (χ4v) is 1.55. The van der Waals surface area contributed by atoms with Crippen molar-refractivity contribution in [3.05, 3.63) is 30.1 Å². The maximum Gasteiger partial charge on any atom is 0.320 e. The van der Waals surface area contributed by atoms with Crippen LogP contribution in [0.1, 0.15) is 26.7 Å². The van der Waals surface area contributed by atoms with E-state index in [1.165, 1.54) is 18.2 Å². The lowest BCUT2D eigenvalue weighted by Gasteiger charge is -2.25. The molecule has 96 valence electrons. The molecule has 0 aromatic heterocycles. The zero-order valence-corrected chi connectivity index (χ0v) is 10.5. The predicted molar refractivity (Wildman–Crippen MR) is 67.5 cm³/mol. The van der Waals surface area contributed by atoms with Crippen molar-refractivity contribution >= 4 is 11.7 Å². The van der Waals surface area contributed by atoms with E-state index in [0.717, 1.165) is 0 Å². The van der Waals surface area contributed by atoms with Crippen molar-refractivity contribution in [1.29, 1.82) is 5.26 Å². The molecule has 2 N–H and O–H groups in total. The summed E-state index contributed by atoms with van der Waals surface area (Å²) >= 11 is 0. The SMILES string of the molecule is CCC(C#N)(CC)NC(=O)Nc1ccccc1F. The third-order valence-corrected chi connectivity index (χ3v) is 2.90. The molecule has 0 atom stereocenters. The highest BCUT2D eigenvalue weighted by Crippen LogP contribution is 2.15. The number of para-hydroxylation sites is 1. The third-order valence-electron chi connectivity index (χ3n) is 2.90. The molecular formula is C13H16FN3O. The minimum absolute atomic E-state index is 0.0917. The van der Waals surface area contributed by atoms with Gasteiger partial charge in [-0.3, -0.25) is 0 Å². The molecular weight excluding hydrogens is 233 g/mol. The minimum Gasteiger partial charge on any atom is -0.319 e. The number of carbonyl (C=O) groups is 1. The molecule has 0 aliphatic carbocycles. The monoisotopic (exact) mass is 249 g/mol. The fourth-order valence-electron chi connectivity index (χ4n) is 1.55. The number of urea groups is 1. The van der Waals surface area contributed by atoms with Gasteiger partial charge in [0.1, 0.15) is 11.4 Å². The summed E-state index contributed by atoms with van der Waals surface area (Å²) in [6, 6.07) is 7.38. The Hall–Kier alpha value is -2.09. The first-order valence-electron chi connectivity index (χ1n) is 5.82. The summed E-state index contributed by atoms with van der Waals surface area (Å²) in [6.45, 7) is 3.63. The highest BCUT2D eigenvalue weighted by molar-refractivity contribution is 5.90. The van der Waals surface area contributed by atoms with E-state index in [9.17, 15) is 9.18 Å². The van der Waals surface area contributed by atoms with Crippen LogP contribution in [0.5, 0.6) is 0 Å². The molecule has 18 heavy (non-hydrogen) atoms. The first-order valence-corrected chi connectivity index (χ1v) is 5.82. The Labute approximate surface area is 106 Å². The van der Waals surface area contributed by atoms with E-state index in [-0.39, 0.29) is 5.69 Å². The van der Waals surface area contributed by atoms with Gasteiger partial charge in [-0.05, 0) is 25.0 Å². The fraction of sp³-hybridized carbons (Fsp3) is 0.385. The second-order valence-electron chi connectivity index (χ2n) is 3.96. The number of rotatable bonds is 4. The Morgan fingerprint density at radius 3 is 2.50 bits per heavy atom. The number of benzene rings is 1. The summed E-state index contributed by atoms with van der Waals surface area (Å²) in [5, 5.41) is 14.0. The van der Waals surface area contributed by atoms with Crippen LogP contribution in [0.2, 0.25) is 0 Å². The van der Waals surface area contributed by atoms with E-state index in [2.05, 4.69) is 16.7 Å². The Kier molecular flexibility index (Phi) is 4.67. The molecule has 0 aliphatic rings.